The van der Waals surface area contributed by atoms with Gasteiger partial charge in [0.05, 0.1) is 12.7 Å². The van der Waals surface area contributed by atoms with Crippen molar-refractivity contribution in [1.29, 1.82) is 0 Å². The number of hydrogen-bond acceptors (Lipinski definition) is 4. The summed E-state index contributed by atoms with van der Waals surface area (Å²) in [7, 11) is 3.59. The van der Waals surface area contributed by atoms with Gasteiger partial charge in [0.25, 0.3) is 5.91 Å². The van der Waals surface area contributed by atoms with E-state index in [4.69, 9.17) is 9.47 Å². The number of hydrogen-bond donors (Lipinski definition) is 0. The molecule has 0 spiro atoms. The van der Waals surface area contributed by atoms with Crippen molar-refractivity contribution < 1.29 is 14.3 Å². The predicted molar refractivity (Wildman–Crippen MR) is 146 cm³/mol. The second kappa shape index (κ2) is 11.2. The zero-order valence-corrected chi connectivity index (χ0v) is 22.4. The smallest absolute Gasteiger partial charge is 0.254 e. The van der Waals surface area contributed by atoms with Crippen molar-refractivity contribution in [3.8, 4) is 5.75 Å². The molecule has 1 aliphatic carbocycles. The normalized spacial score (nSPS) is 26.3. The first-order valence-electron chi connectivity index (χ1n) is 13.3. The van der Waals surface area contributed by atoms with Crippen LogP contribution in [0.4, 0.5) is 0 Å². The summed E-state index contributed by atoms with van der Waals surface area (Å²) in [5.41, 5.74) is 1.46. The molecule has 5 heteroatoms. The van der Waals surface area contributed by atoms with Crippen LogP contribution in [0.3, 0.4) is 0 Å². The Morgan fingerprint density at radius 1 is 1.17 bits per heavy atom. The minimum absolute atomic E-state index is 0.129. The number of fused-ring (bicyclic) bond motifs is 1. The Morgan fingerprint density at radius 3 is 2.61 bits per heavy atom. The van der Waals surface area contributed by atoms with Crippen LogP contribution in [0.1, 0.15) is 55.5 Å². The topological polar surface area (TPSA) is 42.0 Å². The fourth-order valence-corrected chi connectivity index (χ4v) is 6.63. The molecule has 194 valence electrons. The second-order valence-electron chi connectivity index (χ2n) is 10.9. The molecule has 5 nitrogen and oxygen atoms in total. The molecular weight excluding hydrogens is 448 g/mol. The molecule has 2 aromatic rings. The van der Waals surface area contributed by atoms with Crippen LogP contribution in [0, 0.1) is 5.92 Å². The molecule has 1 heterocycles. The maximum atomic E-state index is 13.8. The van der Waals surface area contributed by atoms with Crippen LogP contribution in [0.15, 0.2) is 67.3 Å². The molecule has 1 amide bonds. The highest BCUT2D eigenvalue weighted by atomic mass is 16.5. The van der Waals surface area contributed by atoms with Crippen LogP contribution >= 0.6 is 0 Å². The molecule has 36 heavy (non-hydrogen) atoms. The van der Waals surface area contributed by atoms with Crippen molar-refractivity contribution in [2.24, 2.45) is 5.92 Å². The molecule has 1 saturated heterocycles. The van der Waals surface area contributed by atoms with E-state index in [0.29, 0.717) is 5.92 Å². The fraction of sp³-hybridized carbons (Fsp3) is 0.516. The van der Waals surface area contributed by atoms with E-state index in [1.165, 1.54) is 5.56 Å². The van der Waals surface area contributed by atoms with E-state index in [0.717, 1.165) is 63.2 Å². The van der Waals surface area contributed by atoms with Gasteiger partial charge < -0.3 is 14.4 Å². The van der Waals surface area contributed by atoms with E-state index >= 15 is 0 Å². The number of benzene rings is 2. The monoisotopic (exact) mass is 490 g/mol. The third-order valence-corrected chi connectivity index (χ3v) is 8.36. The quantitative estimate of drug-likeness (QED) is 0.432. The average Bonchev–Trinajstić information content (AvgIpc) is 2.91. The molecule has 1 saturated carbocycles. The number of amides is 1. The highest BCUT2D eigenvalue weighted by molar-refractivity contribution is 5.94. The van der Waals surface area contributed by atoms with Gasteiger partial charge in [-0.15, -0.1) is 6.58 Å². The van der Waals surface area contributed by atoms with Crippen molar-refractivity contribution >= 4 is 5.91 Å². The lowest BCUT2D eigenvalue weighted by molar-refractivity contribution is -0.153. The summed E-state index contributed by atoms with van der Waals surface area (Å²) in [6.45, 7) is 11.8. The summed E-state index contributed by atoms with van der Waals surface area (Å²) in [5.74, 6) is 1.38. The van der Waals surface area contributed by atoms with Crippen molar-refractivity contribution in [1.82, 2.24) is 9.80 Å². The van der Waals surface area contributed by atoms with Crippen LogP contribution in [0.25, 0.3) is 0 Å². The van der Waals surface area contributed by atoms with Gasteiger partial charge in [0.1, 0.15) is 5.75 Å². The van der Waals surface area contributed by atoms with Gasteiger partial charge in [-0.2, -0.15) is 0 Å². The standard InChI is InChI=1S/C31H42N2O3/c1-6-18-32-19-17-30(26-13-10-14-28(20-26)35-4)21-27(15-16-31(30,23-32)36-5)33(22-24(2)3)29(34)25-11-8-7-9-12-25/h6-14,20,24,27H,1,15-19,21-23H2,2-5H3. The Morgan fingerprint density at radius 2 is 1.94 bits per heavy atom. The lowest BCUT2D eigenvalue weighted by Gasteiger charge is -2.60. The summed E-state index contributed by atoms with van der Waals surface area (Å²) in [6, 6.07) is 18.4. The van der Waals surface area contributed by atoms with Gasteiger partial charge in [-0.1, -0.05) is 50.3 Å². The highest BCUT2D eigenvalue weighted by Gasteiger charge is 2.59. The second-order valence-corrected chi connectivity index (χ2v) is 10.9. The molecule has 1 aliphatic heterocycles. The van der Waals surface area contributed by atoms with E-state index in [9.17, 15) is 4.79 Å². The molecule has 0 radical (unpaired) electrons. The van der Waals surface area contributed by atoms with Gasteiger partial charge in [0, 0.05) is 43.8 Å². The SMILES string of the molecule is C=CCN1CCC2(c3cccc(OC)c3)CC(N(CC(C)C)C(=O)c3ccccc3)CCC2(OC)C1. The lowest BCUT2D eigenvalue weighted by atomic mass is 9.55. The summed E-state index contributed by atoms with van der Waals surface area (Å²) < 4.78 is 12.2. The maximum absolute atomic E-state index is 13.8. The predicted octanol–water partition coefficient (Wildman–Crippen LogP) is 5.56. The largest absolute Gasteiger partial charge is 0.497 e. The van der Waals surface area contributed by atoms with E-state index in [1.807, 2.05) is 49.6 Å². The molecule has 0 bridgehead atoms. The zero-order chi connectivity index (χ0) is 25.8. The number of ether oxygens (including phenoxy) is 2. The van der Waals surface area contributed by atoms with E-state index in [-0.39, 0.29) is 23.0 Å². The van der Waals surface area contributed by atoms with Crippen molar-refractivity contribution in [2.45, 2.75) is 56.6 Å². The molecule has 0 aromatic heterocycles. The number of piperidine rings is 1. The van der Waals surface area contributed by atoms with Crippen LogP contribution in [0.5, 0.6) is 5.75 Å². The molecule has 2 aliphatic rings. The minimum Gasteiger partial charge on any atom is -0.497 e. The molecule has 4 rings (SSSR count). The van der Waals surface area contributed by atoms with Gasteiger partial charge in [-0.05, 0) is 68.0 Å². The van der Waals surface area contributed by atoms with Gasteiger partial charge in [0.2, 0.25) is 0 Å². The number of rotatable bonds is 9. The van der Waals surface area contributed by atoms with E-state index in [1.54, 1.807) is 7.11 Å². The van der Waals surface area contributed by atoms with Crippen molar-refractivity contribution in [3.63, 3.8) is 0 Å². The highest BCUT2D eigenvalue weighted by Crippen LogP contribution is 2.54. The third kappa shape index (κ3) is 4.96. The Balaban J connectivity index is 1.77. The molecule has 3 atom stereocenters. The van der Waals surface area contributed by atoms with Crippen molar-refractivity contribution in [3.05, 3.63) is 78.4 Å². The van der Waals surface area contributed by atoms with E-state index < -0.39 is 0 Å². The first kappa shape index (κ1) is 26.4. The minimum atomic E-state index is -0.337. The molecular formula is C31H42N2O3. The molecule has 3 unspecified atom stereocenters. The lowest BCUT2D eigenvalue weighted by Crippen LogP contribution is -2.68. The van der Waals surface area contributed by atoms with Gasteiger partial charge in [-0.25, -0.2) is 0 Å². The van der Waals surface area contributed by atoms with Gasteiger partial charge in [-0.3, -0.25) is 9.69 Å². The first-order valence-corrected chi connectivity index (χ1v) is 13.3. The zero-order valence-electron chi connectivity index (χ0n) is 22.4. The molecule has 2 aromatic carbocycles. The Bertz CT molecular complexity index is 1040. The summed E-state index contributed by atoms with van der Waals surface area (Å²) in [5, 5.41) is 0. The Labute approximate surface area is 217 Å². The van der Waals surface area contributed by atoms with Gasteiger partial charge >= 0.3 is 0 Å². The van der Waals surface area contributed by atoms with Gasteiger partial charge in [0.15, 0.2) is 0 Å². The number of carbonyl (C=O) groups excluding carboxylic acids is 1. The number of methoxy groups -OCH3 is 2. The van der Waals surface area contributed by atoms with Crippen LogP contribution in [0.2, 0.25) is 0 Å². The van der Waals surface area contributed by atoms with Crippen molar-refractivity contribution in [2.75, 3.05) is 40.4 Å². The van der Waals surface area contributed by atoms with Crippen LogP contribution in [-0.2, 0) is 10.2 Å². The summed E-state index contributed by atoms with van der Waals surface area (Å²) in [4.78, 5) is 18.4. The van der Waals surface area contributed by atoms with Crippen LogP contribution in [-0.4, -0.2) is 67.7 Å². The summed E-state index contributed by atoms with van der Waals surface area (Å²) in [6.07, 6.45) is 5.65. The Hall–Kier alpha value is -2.63. The van der Waals surface area contributed by atoms with Crippen LogP contribution < -0.4 is 4.74 Å². The fourth-order valence-electron chi connectivity index (χ4n) is 6.63. The summed E-state index contributed by atoms with van der Waals surface area (Å²) >= 11 is 0. The van der Waals surface area contributed by atoms with E-state index in [2.05, 4.69) is 48.4 Å². The maximum Gasteiger partial charge on any atom is 0.254 e. The number of nitrogens with zero attached hydrogens (tertiary/aromatic N) is 2. The molecule has 0 N–H and O–H groups in total. The molecule has 2 fully saturated rings. The first-order chi connectivity index (χ1) is 17.4. The number of likely N-dealkylation sites (tertiary alicyclic amines) is 1. The number of carbonyl (C=O) groups is 1. The third-order valence-electron chi connectivity index (χ3n) is 8.36. The Kier molecular flexibility index (Phi) is 8.21. The average molecular weight is 491 g/mol.